The van der Waals surface area contributed by atoms with Crippen molar-refractivity contribution in [3.05, 3.63) is 51.2 Å². The Hall–Kier alpha value is -1.52. The van der Waals surface area contributed by atoms with Gasteiger partial charge in [-0.05, 0) is 30.5 Å². The smallest absolute Gasteiger partial charge is 0.339 e. The largest absolute Gasteiger partial charge is 0.478 e. The molecule has 0 aliphatic heterocycles. The van der Waals surface area contributed by atoms with Crippen molar-refractivity contribution in [1.82, 2.24) is 0 Å². The molecular formula is C14H14ClNO2S. The first kappa shape index (κ1) is 13.9. The number of carbonyl (C=O) groups is 1. The molecule has 0 bridgehead atoms. The van der Waals surface area contributed by atoms with Crippen molar-refractivity contribution < 1.29 is 9.90 Å². The first-order valence-corrected chi connectivity index (χ1v) is 7.06. The Morgan fingerprint density at radius 2 is 2.11 bits per heavy atom. The van der Waals surface area contributed by atoms with Crippen molar-refractivity contribution in [3.63, 3.8) is 0 Å². The van der Waals surface area contributed by atoms with Crippen LogP contribution in [0.3, 0.4) is 0 Å². The molecule has 1 aromatic heterocycles. The van der Waals surface area contributed by atoms with Crippen LogP contribution in [0.4, 0.5) is 5.69 Å². The van der Waals surface area contributed by atoms with Crippen molar-refractivity contribution in [3.8, 4) is 0 Å². The Bertz CT molecular complexity index is 583. The van der Waals surface area contributed by atoms with E-state index < -0.39 is 5.97 Å². The SMILES string of the molecule is CC(c1cccs1)N(C)c1cccc(Cl)c1C(=O)O. The number of thiophene rings is 1. The van der Waals surface area contributed by atoms with Gasteiger partial charge in [-0.2, -0.15) is 0 Å². The lowest BCUT2D eigenvalue weighted by molar-refractivity contribution is 0.0697. The lowest BCUT2D eigenvalue weighted by atomic mass is 10.1. The topological polar surface area (TPSA) is 40.5 Å². The van der Waals surface area contributed by atoms with Crippen LogP contribution >= 0.6 is 22.9 Å². The van der Waals surface area contributed by atoms with E-state index in [4.69, 9.17) is 11.6 Å². The van der Waals surface area contributed by atoms with E-state index in [0.717, 1.165) is 0 Å². The predicted octanol–water partition coefficient (Wildman–Crippen LogP) is 4.30. The molecule has 0 aliphatic rings. The molecule has 5 heteroatoms. The number of halogens is 1. The Morgan fingerprint density at radius 1 is 1.37 bits per heavy atom. The van der Waals surface area contributed by atoms with Gasteiger partial charge in [0.05, 0.1) is 16.8 Å². The van der Waals surface area contributed by atoms with Gasteiger partial charge in [0.15, 0.2) is 0 Å². The van der Waals surface area contributed by atoms with E-state index in [1.807, 2.05) is 36.4 Å². The Morgan fingerprint density at radius 3 is 2.68 bits per heavy atom. The monoisotopic (exact) mass is 295 g/mol. The van der Waals surface area contributed by atoms with Crippen LogP contribution in [0, 0.1) is 0 Å². The molecule has 0 saturated heterocycles. The minimum absolute atomic E-state index is 0.0940. The molecule has 1 atom stereocenters. The number of carboxylic acids is 1. The summed E-state index contributed by atoms with van der Waals surface area (Å²) in [6, 6.07) is 9.26. The highest BCUT2D eigenvalue weighted by Crippen LogP contribution is 2.33. The molecule has 100 valence electrons. The molecular weight excluding hydrogens is 282 g/mol. The predicted molar refractivity (Wildman–Crippen MR) is 79.5 cm³/mol. The zero-order valence-electron chi connectivity index (χ0n) is 10.6. The second-order valence-electron chi connectivity index (χ2n) is 4.24. The van der Waals surface area contributed by atoms with E-state index >= 15 is 0 Å². The molecule has 0 radical (unpaired) electrons. The van der Waals surface area contributed by atoms with Gasteiger partial charge in [-0.25, -0.2) is 4.79 Å². The van der Waals surface area contributed by atoms with Gasteiger partial charge in [-0.15, -0.1) is 11.3 Å². The lowest BCUT2D eigenvalue weighted by Crippen LogP contribution is -2.23. The van der Waals surface area contributed by atoms with Gasteiger partial charge in [-0.3, -0.25) is 0 Å². The van der Waals surface area contributed by atoms with E-state index in [1.165, 1.54) is 4.88 Å². The average molecular weight is 296 g/mol. The zero-order valence-corrected chi connectivity index (χ0v) is 12.2. The van der Waals surface area contributed by atoms with Crippen LogP contribution in [0.1, 0.15) is 28.2 Å². The molecule has 1 N–H and O–H groups in total. The number of aromatic carboxylic acids is 1. The molecule has 2 rings (SSSR count). The highest BCUT2D eigenvalue weighted by atomic mass is 35.5. The van der Waals surface area contributed by atoms with E-state index in [0.29, 0.717) is 5.69 Å². The molecule has 1 unspecified atom stereocenters. The molecule has 1 aromatic carbocycles. The van der Waals surface area contributed by atoms with E-state index in [1.54, 1.807) is 29.5 Å². The summed E-state index contributed by atoms with van der Waals surface area (Å²) >= 11 is 7.64. The summed E-state index contributed by atoms with van der Waals surface area (Å²) in [5.41, 5.74) is 0.774. The van der Waals surface area contributed by atoms with Crippen molar-refractivity contribution in [2.75, 3.05) is 11.9 Å². The molecule has 1 heterocycles. The van der Waals surface area contributed by atoms with Crippen molar-refractivity contribution in [2.45, 2.75) is 13.0 Å². The van der Waals surface area contributed by atoms with Crippen molar-refractivity contribution >= 4 is 34.6 Å². The summed E-state index contributed by atoms with van der Waals surface area (Å²) in [4.78, 5) is 14.5. The normalized spacial score (nSPS) is 12.2. The van der Waals surface area contributed by atoms with Crippen LogP contribution in [0.25, 0.3) is 0 Å². The number of carboxylic acid groups (broad SMARTS) is 1. The molecule has 0 aliphatic carbocycles. The quantitative estimate of drug-likeness (QED) is 0.914. The molecule has 3 nitrogen and oxygen atoms in total. The van der Waals surface area contributed by atoms with Crippen LogP contribution in [0.2, 0.25) is 5.02 Å². The van der Waals surface area contributed by atoms with Gasteiger partial charge in [-0.1, -0.05) is 23.7 Å². The second kappa shape index (κ2) is 5.63. The summed E-state index contributed by atoms with van der Waals surface area (Å²) in [6.45, 7) is 2.04. The van der Waals surface area contributed by atoms with Gasteiger partial charge in [0.1, 0.15) is 5.56 Å². The second-order valence-corrected chi connectivity index (χ2v) is 5.63. The number of nitrogens with zero attached hydrogens (tertiary/aromatic N) is 1. The maximum atomic E-state index is 11.3. The van der Waals surface area contributed by atoms with E-state index in [2.05, 4.69) is 0 Å². The Labute approximate surface area is 121 Å². The van der Waals surface area contributed by atoms with Crippen LogP contribution in [0.15, 0.2) is 35.7 Å². The van der Waals surface area contributed by atoms with Crippen molar-refractivity contribution in [2.24, 2.45) is 0 Å². The molecule has 0 spiro atoms. The Balaban J connectivity index is 2.42. The number of hydrogen-bond acceptors (Lipinski definition) is 3. The highest BCUT2D eigenvalue weighted by molar-refractivity contribution is 7.10. The summed E-state index contributed by atoms with van der Waals surface area (Å²) in [5, 5.41) is 11.6. The van der Waals surface area contributed by atoms with Crippen LogP contribution in [-0.2, 0) is 0 Å². The maximum absolute atomic E-state index is 11.3. The highest BCUT2D eigenvalue weighted by Gasteiger charge is 2.21. The molecule has 2 aromatic rings. The number of hydrogen-bond donors (Lipinski definition) is 1. The summed E-state index contributed by atoms with van der Waals surface area (Å²) in [5.74, 6) is -1.01. The molecule has 0 amide bonds. The third-order valence-corrected chi connectivity index (χ3v) is 4.48. The van der Waals surface area contributed by atoms with E-state index in [-0.39, 0.29) is 16.6 Å². The fourth-order valence-corrected chi connectivity index (χ4v) is 3.02. The number of benzene rings is 1. The van der Waals surface area contributed by atoms with Gasteiger partial charge < -0.3 is 10.0 Å². The van der Waals surface area contributed by atoms with E-state index in [9.17, 15) is 9.90 Å². The standard InChI is InChI=1S/C14H14ClNO2S/c1-9(12-7-4-8-19-12)16(2)11-6-3-5-10(15)13(11)14(17)18/h3-9H,1-2H3,(H,17,18). The number of rotatable bonds is 4. The first-order valence-electron chi connectivity index (χ1n) is 5.80. The molecule has 0 saturated carbocycles. The fourth-order valence-electron chi connectivity index (χ4n) is 1.95. The molecule has 19 heavy (non-hydrogen) atoms. The Kier molecular flexibility index (Phi) is 4.12. The number of anilines is 1. The summed E-state index contributed by atoms with van der Waals surface area (Å²) in [7, 11) is 1.88. The first-order chi connectivity index (χ1) is 9.02. The minimum Gasteiger partial charge on any atom is -0.478 e. The molecule has 0 fully saturated rings. The van der Waals surface area contributed by atoms with Gasteiger partial charge in [0.2, 0.25) is 0 Å². The lowest BCUT2D eigenvalue weighted by Gasteiger charge is -2.27. The van der Waals surface area contributed by atoms with Crippen molar-refractivity contribution in [1.29, 1.82) is 0 Å². The third kappa shape index (κ3) is 2.74. The fraction of sp³-hybridized carbons (Fsp3) is 0.214. The van der Waals surface area contributed by atoms with Gasteiger partial charge in [0, 0.05) is 11.9 Å². The maximum Gasteiger partial charge on any atom is 0.339 e. The average Bonchev–Trinajstić information content (AvgIpc) is 2.90. The minimum atomic E-state index is -1.01. The van der Waals surface area contributed by atoms with Crippen LogP contribution in [-0.4, -0.2) is 18.1 Å². The van der Waals surface area contributed by atoms with Crippen LogP contribution < -0.4 is 4.90 Å². The summed E-state index contributed by atoms with van der Waals surface area (Å²) in [6.07, 6.45) is 0. The van der Waals surface area contributed by atoms with Gasteiger partial charge in [0.25, 0.3) is 0 Å². The zero-order chi connectivity index (χ0) is 14.0. The van der Waals surface area contributed by atoms with Crippen LogP contribution in [0.5, 0.6) is 0 Å². The summed E-state index contributed by atoms with van der Waals surface area (Å²) < 4.78 is 0. The third-order valence-electron chi connectivity index (χ3n) is 3.12. The van der Waals surface area contributed by atoms with Gasteiger partial charge >= 0.3 is 5.97 Å².